The van der Waals surface area contributed by atoms with E-state index in [0.29, 0.717) is 0 Å². The number of nitrogens with one attached hydrogen (secondary N) is 2. The van der Waals surface area contributed by atoms with Gasteiger partial charge in [-0.15, -0.1) is 0 Å². The number of rotatable bonds is 1. The molecular weight excluding hydrogens is 164 g/mol. The zero-order valence-corrected chi connectivity index (χ0v) is 6.60. The second kappa shape index (κ2) is 2.80. The van der Waals surface area contributed by atoms with Crippen LogP contribution in [0.5, 0.6) is 0 Å². The van der Waals surface area contributed by atoms with Crippen LogP contribution >= 0.6 is 11.8 Å². The first-order chi connectivity index (χ1) is 5.18. The van der Waals surface area contributed by atoms with Crippen molar-refractivity contribution < 1.29 is 4.79 Å². The third-order valence-electron chi connectivity index (χ3n) is 1.01. The number of hydrogen-bond donors (Lipinski definition) is 2. The molecule has 0 saturated heterocycles. The topological polar surface area (TPSA) is 77.3 Å². The summed E-state index contributed by atoms with van der Waals surface area (Å²) < 4.78 is 0. The third-order valence-corrected chi connectivity index (χ3v) is 1.86. The molecule has 0 fully saturated rings. The Morgan fingerprint density at radius 1 is 2.00 bits per heavy atom. The molecule has 0 spiro atoms. The van der Waals surface area contributed by atoms with Crippen LogP contribution in [0, 0.1) is 11.3 Å². The van der Waals surface area contributed by atoms with Crippen molar-refractivity contribution in [2.45, 2.75) is 11.9 Å². The molecule has 0 radical (unpaired) electrons. The van der Waals surface area contributed by atoms with Crippen LogP contribution in [-0.2, 0) is 4.79 Å². The van der Waals surface area contributed by atoms with Crippen LogP contribution in [0.2, 0.25) is 0 Å². The Morgan fingerprint density at radius 3 is 3.09 bits per heavy atom. The number of nitrogens with zero attached hydrogens (tertiary/aromatic N) is 2. The first-order valence-electron chi connectivity index (χ1n) is 2.85. The molecule has 0 aromatic rings. The molecule has 1 aliphatic rings. The lowest BCUT2D eigenvalue weighted by atomic mass is 10.5. The summed E-state index contributed by atoms with van der Waals surface area (Å²) in [6, 6.07) is 1.90. The van der Waals surface area contributed by atoms with Gasteiger partial charge < -0.3 is 5.32 Å². The van der Waals surface area contributed by atoms with Gasteiger partial charge in [0.2, 0.25) is 5.91 Å². The van der Waals surface area contributed by atoms with E-state index in [1.165, 1.54) is 12.5 Å². The molecule has 11 heavy (non-hydrogen) atoms. The monoisotopic (exact) mass is 170 g/mol. The van der Waals surface area contributed by atoms with Gasteiger partial charge in [-0.25, -0.2) is 0 Å². The number of thioether (sulfide) groups is 1. The van der Waals surface area contributed by atoms with Crippen LogP contribution in [0.15, 0.2) is 5.10 Å². The van der Waals surface area contributed by atoms with Gasteiger partial charge in [0.05, 0.1) is 5.55 Å². The van der Waals surface area contributed by atoms with Crippen molar-refractivity contribution in [2.75, 3.05) is 0 Å². The second-order valence-corrected chi connectivity index (χ2v) is 3.00. The van der Waals surface area contributed by atoms with E-state index in [9.17, 15) is 4.79 Å². The minimum Gasteiger partial charge on any atom is -0.311 e. The maximum atomic E-state index is 10.6. The van der Waals surface area contributed by atoms with Crippen molar-refractivity contribution in [3.63, 3.8) is 0 Å². The minimum absolute atomic E-state index is 0.267. The summed E-state index contributed by atoms with van der Waals surface area (Å²) in [7, 11) is 0. The zero-order valence-electron chi connectivity index (χ0n) is 5.79. The number of hydrazone groups is 1. The fraction of sp³-hybridized carbons (Fsp3) is 0.400. The zero-order chi connectivity index (χ0) is 8.32. The predicted molar refractivity (Wildman–Crippen MR) is 41.4 cm³/mol. The van der Waals surface area contributed by atoms with Gasteiger partial charge in [-0.3, -0.25) is 10.2 Å². The normalized spacial score (nSPS) is 27.3. The Kier molecular flexibility index (Phi) is 2.01. The minimum atomic E-state index is -1.09. The van der Waals surface area contributed by atoms with E-state index in [2.05, 4.69) is 15.8 Å². The Balaban J connectivity index is 2.64. The summed E-state index contributed by atoms with van der Waals surface area (Å²) in [6.07, 6.45) is 0. The SMILES string of the molecule is CC(=O)NC1(C#N)NN=CS1. The lowest BCUT2D eigenvalue weighted by molar-refractivity contribution is -0.119. The molecule has 1 unspecified atom stereocenters. The fourth-order valence-electron chi connectivity index (χ4n) is 0.634. The molecule has 1 aliphatic heterocycles. The molecule has 58 valence electrons. The maximum Gasteiger partial charge on any atom is 0.269 e. The number of carbonyl (C=O) groups excluding carboxylic acids is 1. The van der Waals surface area contributed by atoms with Crippen molar-refractivity contribution in [3.8, 4) is 6.07 Å². The van der Waals surface area contributed by atoms with E-state index >= 15 is 0 Å². The Bertz CT molecular complexity index is 235. The van der Waals surface area contributed by atoms with E-state index in [0.717, 1.165) is 11.8 Å². The quantitative estimate of drug-likeness (QED) is 0.560. The summed E-state index contributed by atoms with van der Waals surface area (Å²) in [4.78, 5) is 9.50. The first-order valence-corrected chi connectivity index (χ1v) is 3.73. The van der Waals surface area contributed by atoms with Crippen molar-refractivity contribution in [2.24, 2.45) is 5.10 Å². The second-order valence-electron chi connectivity index (χ2n) is 1.94. The lowest BCUT2D eigenvalue weighted by Crippen LogP contribution is -2.50. The highest BCUT2D eigenvalue weighted by molar-refractivity contribution is 8.13. The Labute approximate surface area is 67.8 Å². The van der Waals surface area contributed by atoms with Gasteiger partial charge in [-0.2, -0.15) is 10.4 Å². The average Bonchev–Trinajstić information content (AvgIpc) is 2.36. The van der Waals surface area contributed by atoms with Crippen LogP contribution < -0.4 is 10.7 Å². The van der Waals surface area contributed by atoms with Gasteiger partial charge >= 0.3 is 0 Å². The molecule has 1 amide bonds. The van der Waals surface area contributed by atoms with Crippen molar-refractivity contribution in [3.05, 3.63) is 0 Å². The summed E-state index contributed by atoms with van der Waals surface area (Å²) >= 11 is 1.12. The summed E-state index contributed by atoms with van der Waals surface area (Å²) in [5.41, 5.74) is 3.96. The smallest absolute Gasteiger partial charge is 0.269 e. The number of amides is 1. The molecule has 0 bridgehead atoms. The van der Waals surface area contributed by atoms with Crippen LogP contribution in [-0.4, -0.2) is 16.4 Å². The molecule has 0 saturated carbocycles. The molecule has 6 heteroatoms. The molecule has 1 rings (SSSR count). The Morgan fingerprint density at radius 2 is 2.73 bits per heavy atom. The van der Waals surface area contributed by atoms with E-state index in [-0.39, 0.29) is 5.91 Å². The average molecular weight is 170 g/mol. The van der Waals surface area contributed by atoms with Gasteiger partial charge in [-0.05, 0) is 11.8 Å². The maximum absolute atomic E-state index is 10.6. The third kappa shape index (κ3) is 1.62. The highest BCUT2D eigenvalue weighted by Crippen LogP contribution is 2.20. The van der Waals surface area contributed by atoms with Crippen molar-refractivity contribution in [1.29, 1.82) is 5.26 Å². The number of carbonyl (C=O) groups is 1. The largest absolute Gasteiger partial charge is 0.311 e. The molecule has 1 heterocycles. The molecule has 1 atom stereocenters. The molecule has 0 aromatic carbocycles. The molecule has 0 aromatic heterocycles. The van der Waals surface area contributed by atoms with E-state index in [4.69, 9.17) is 5.26 Å². The molecule has 0 aliphatic carbocycles. The van der Waals surface area contributed by atoms with Crippen molar-refractivity contribution >= 4 is 23.2 Å². The number of nitriles is 1. The summed E-state index contributed by atoms with van der Waals surface area (Å²) in [6.45, 7) is 1.35. The van der Waals surface area contributed by atoms with Crippen LogP contribution in [0.3, 0.4) is 0 Å². The van der Waals surface area contributed by atoms with Gasteiger partial charge in [-0.1, -0.05) is 0 Å². The van der Waals surface area contributed by atoms with Crippen LogP contribution in [0.25, 0.3) is 0 Å². The lowest BCUT2D eigenvalue weighted by Gasteiger charge is -2.18. The molecule has 5 nitrogen and oxygen atoms in total. The van der Waals surface area contributed by atoms with E-state index < -0.39 is 4.99 Å². The van der Waals surface area contributed by atoms with Gasteiger partial charge in [0.25, 0.3) is 4.99 Å². The van der Waals surface area contributed by atoms with Gasteiger partial charge in [0.1, 0.15) is 6.07 Å². The van der Waals surface area contributed by atoms with Crippen molar-refractivity contribution in [1.82, 2.24) is 10.7 Å². The van der Waals surface area contributed by atoms with Crippen LogP contribution in [0.1, 0.15) is 6.92 Å². The van der Waals surface area contributed by atoms with Gasteiger partial charge in [0.15, 0.2) is 0 Å². The number of hydrogen-bond acceptors (Lipinski definition) is 5. The standard InChI is InChI=1S/C5H6N4OS/c1-4(10)8-5(2-6)9-7-3-11-5/h3,9H,1H3,(H,8,10). The summed E-state index contributed by atoms with van der Waals surface area (Å²) in [5.74, 6) is -0.267. The summed E-state index contributed by atoms with van der Waals surface area (Å²) in [5, 5.41) is 14.7. The highest BCUT2D eigenvalue weighted by atomic mass is 32.2. The van der Waals surface area contributed by atoms with E-state index in [1.54, 1.807) is 0 Å². The highest BCUT2D eigenvalue weighted by Gasteiger charge is 2.33. The van der Waals surface area contributed by atoms with Crippen LogP contribution in [0.4, 0.5) is 0 Å². The molecular formula is C5H6N4OS. The van der Waals surface area contributed by atoms with Gasteiger partial charge in [0, 0.05) is 6.92 Å². The Hall–Kier alpha value is -1.22. The fourth-order valence-corrected chi connectivity index (χ4v) is 1.26. The first kappa shape index (κ1) is 7.88. The van der Waals surface area contributed by atoms with E-state index in [1.807, 2.05) is 6.07 Å². The molecule has 2 N–H and O–H groups in total. The predicted octanol–water partition coefficient (Wildman–Crippen LogP) is -0.420.